The van der Waals surface area contributed by atoms with Gasteiger partial charge in [0.05, 0.1) is 12.2 Å². The number of likely N-dealkylation sites (tertiary alicyclic amines) is 1. The first-order valence-electron chi connectivity index (χ1n) is 9.01. The van der Waals surface area contributed by atoms with Crippen molar-refractivity contribution in [3.63, 3.8) is 0 Å². The van der Waals surface area contributed by atoms with E-state index in [9.17, 15) is 4.79 Å². The minimum atomic E-state index is 0.00973. The summed E-state index contributed by atoms with van der Waals surface area (Å²) in [6.07, 6.45) is 3.13. The predicted octanol–water partition coefficient (Wildman–Crippen LogP) is 3.36. The summed E-state index contributed by atoms with van der Waals surface area (Å²) in [6.45, 7) is 7.54. The van der Waals surface area contributed by atoms with Crippen LogP contribution in [0.5, 0.6) is 0 Å². The third-order valence-electron chi connectivity index (χ3n) is 4.30. The maximum absolute atomic E-state index is 12.2. The second-order valence-corrected chi connectivity index (χ2v) is 6.17. The standard InChI is InChI=1S/C19H30N2O3/c1-3-23-18-11-7-13-21(15-18)19(22)20-12-8-14-24-16(2)17-9-5-4-6-10-17/h4-6,9-10,16,18H,3,7-8,11-15H2,1-2H3,(H,20,22). The Labute approximate surface area is 145 Å². The van der Waals surface area contributed by atoms with Gasteiger partial charge in [-0.1, -0.05) is 30.3 Å². The van der Waals surface area contributed by atoms with Crippen LogP contribution in [-0.2, 0) is 9.47 Å². The molecule has 1 aliphatic rings. The lowest BCUT2D eigenvalue weighted by Crippen LogP contribution is -2.48. The molecule has 2 unspecified atom stereocenters. The first-order chi connectivity index (χ1) is 11.7. The zero-order chi connectivity index (χ0) is 17.2. The lowest BCUT2D eigenvalue weighted by molar-refractivity contribution is 0.0163. The van der Waals surface area contributed by atoms with E-state index in [0.29, 0.717) is 26.3 Å². The number of ether oxygens (including phenoxy) is 2. The van der Waals surface area contributed by atoms with Gasteiger partial charge in [-0.2, -0.15) is 0 Å². The topological polar surface area (TPSA) is 50.8 Å². The van der Waals surface area contributed by atoms with E-state index >= 15 is 0 Å². The molecule has 134 valence electrons. The highest BCUT2D eigenvalue weighted by Gasteiger charge is 2.23. The average molecular weight is 334 g/mol. The van der Waals surface area contributed by atoms with Crippen LogP contribution in [0.2, 0.25) is 0 Å². The number of benzene rings is 1. The van der Waals surface area contributed by atoms with Crippen LogP contribution in [0.1, 0.15) is 44.8 Å². The first kappa shape index (κ1) is 18.7. The highest BCUT2D eigenvalue weighted by atomic mass is 16.5. The largest absolute Gasteiger partial charge is 0.377 e. The van der Waals surface area contributed by atoms with Gasteiger partial charge < -0.3 is 19.7 Å². The molecular formula is C19H30N2O3. The van der Waals surface area contributed by atoms with E-state index < -0.39 is 0 Å². The third kappa shape index (κ3) is 6.13. The quantitative estimate of drug-likeness (QED) is 0.742. The Bertz CT molecular complexity index is 479. The molecule has 1 aromatic carbocycles. The fourth-order valence-electron chi connectivity index (χ4n) is 2.95. The van der Waals surface area contributed by atoms with Crippen molar-refractivity contribution in [2.75, 3.05) is 32.8 Å². The average Bonchev–Trinajstić information content (AvgIpc) is 2.62. The molecule has 0 spiro atoms. The van der Waals surface area contributed by atoms with Crippen LogP contribution in [0.4, 0.5) is 4.79 Å². The number of carbonyl (C=O) groups excluding carboxylic acids is 1. The van der Waals surface area contributed by atoms with E-state index in [1.54, 1.807) is 0 Å². The Balaban J connectivity index is 1.59. The molecule has 1 aromatic rings. The van der Waals surface area contributed by atoms with Crippen LogP contribution < -0.4 is 5.32 Å². The van der Waals surface area contributed by atoms with Gasteiger partial charge in [-0.05, 0) is 38.7 Å². The van der Waals surface area contributed by atoms with E-state index in [2.05, 4.69) is 24.4 Å². The van der Waals surface area contributed by atoms with Gasteiger partial charge in [-0.25, -0.2) is 4.79 Å². The Morgan fingerprint density at radius 1 is 1.38 bits per heavy atom. The molecule has 0 bridgehead atoms. The molecule has 5 nitrogen and oxygen atoms in total. The monoisotopic (exact) mass is 334 g/mol. The fraction of sp³-hybridized carbons (Fsp3) is 0.632. The van der Waals surface area contributed by atoms with Crippen molar-refractivity contribution in [3.05, 3.63) is 35.9 Å². The number of rotatable bonds is 8. The molecule has 1 heterocycles. The van der Waals surface area contributed by atoms with Crippen molar-refractivity contribution in [3.8, 4) is 0 Å². The van der Waals surface area contributed by atoms with Gasteiger partial charge in [0.1, 0.15) is 0 Å². The van der Waals surface area contributed by atoms with Crippen LogP contribution in [0.25, 0.3) is 0 Å². The molecule has 0 radical (unpaired) electrons. The molecule has 5 heteroatoms. The van der Waals surface area contributed by atoms with Crippen molar-refractivity contribution >= 4 is 6.03 Å². The van der Waals surface area contributed by atoms with Crippen molar-refractivity contribution in [2.24, 2.45) is 0 Å². The number of hydrogen-bond acceptors (Lipinski definition) is 3. The minimum Gasteiger partial charge on any atom is -0.377 e. The molecule has 2 atom stereocenters. The number of carbonyl (C=O) groups is 1. The van der Waals surface area contributed by atoms with E-state index in [-0.39, 0.29) is 18.2 Å². The van der Waals surface area contributed by atoms with E-state index in [0.717, 1.165) is 25.8 Å². The van der Waals surface area contributed by atoms with E-state index in [1.165, 1.54) is 5.56 Å². The van der Waals surface area contributed by atoms with Crippen LogP contribution in [0, 0.1) is 0 Å². The molecule has 1 aliphatic heterocycles. The number of hydrogen-bond donors (Lipinski definition) is 1. The van der Waals surface area contributed by atoms with Gasteiger partial charge in [-0.15, -0.1) is 0 Å². The van der Waals surface area contributed by atoms with Gasteiger partial charge in [0.25, 0.3) is 0 Å². The Morgan fingerprint density at radius 2 is 2.17 bits per heavy atom. The lowest BCUT2D eigenvalue weighted by atomic mass is 10.1. The van der Waals surface area contributed by atoms with Crippen molar-refractivity contribution in [1.29, 1.82) is 0 Å². The second kappa shape index (κ2) is 10.3. The van der Waals surface area contributed by atoms with Crippen molar-refractivity contribution < 1.29 is 14.3 Å². The SMILES string of the molecule is CCOC1CCCN(C(=O)NCCCOC(C)c2ccccc2)C1. The number of nitrogens with one attached hydrogen (secondary N) is 1. The number of piperidine rings is 1. The number of amides is 2. The summed E-state index contributed by atoms with van der Waals surface area (Å²) in [5.41, 5.74) is 1.18. The summed E-state index contributed by atoms with van der Waals surface area (Å²) in [5.74, 6) is 0. The summed E-state index contributed by atoms with van der Waals surface area (Å²) in [7, 11) is 0. The minimum absolute atomic E-state index is 0.00973. The highest BCUT2D eigenvalue weighted by Crippen LogP contribution is 2.16. The molecule has 0 aromatic heterocycles. The van der Waals surface area contributed by atoms with Crippen LogP contribution in [0.15, 0.2) is 30.3 Å². The van der Waals surface area contributed by atoms with Crippen molar-refractivity contribution in [2.45, 2.75) is 45.3 Å². The zero-order valence-electron chi connectivity index (χ0n) is 14.9. The molecular weight excluding hydrogens is 304 g/mol. The summed E-state index contributed by atoms with van der Waals surface area (Å²) < 4.78 is 11.5. The van der Waals surface area contributed by atoms with Gasteiger partial charge in [-0.3, -0.25) is 0 Å². The molecule has 2 rings (SSSR count). The van der Waals surface area contributed by atoms with Gasteiger partial charge in [0, 0.05) is 32.8 Å². The fourth-order valence-corrected chi connectivity index (χ4v) is 2.95. The van der Waals surface area contributed by atoms with Crippen LogP contribution >= 0.6 is 0 Å². The lowest BCUT2D eigenvalue weighted by Gasteiger charge is -2.32. The summed E-state index contributed by atoms with van der Waals surface area (Å²) in [6, 6.07) is 10.2. The highest BCUT2D eigenvalue weighted by molar-refractivity contribution is 5.74. The van der Waals surface area contributed by atoms with E-state index in [1.807, 2.05) is 30.0 Å². The molecule has 0 aliphatic carbocycles. The normalized spacial score (nSPS) is 19.1. The molecule has 1 N–H and O–H groups in total. The van der Waals surface area contributed by atoms with E-state index in [4.69, 9.17) is 9.47 Å². The Hall–Kier alpha value is -1.59. The van der Waals surface area contributed by atoms with Crippen LogP contribution in [-0.4, -0.2) is 49.9 Å². The second-order valence-electron chi connectivity index (χ2n) is 6.17. The number of nitrogens with zero attached hydrogens (tertiary/aromatic N) is 1. The number of urea groups is 1. The Kier molecular flexibility index (Phi) is 8.05. The van der Waals surface area contributed by atoms with Gasteiger partial charge in [0.2, 0.25) is 0 Å². The molecule has 2 amide bonds. The summed E-state index contributed by atoms with van der Waals surface area (Å²) in [5, 5.41) is 2.98. The zero-order valence-corrected chi connectivity index (χ0v) is 14.9. The maximum atomic E-state index is 12.2. The van der Waals surface area contributed by atoms with Crippen LogP contribution in [0.3, 0.4) is 0 Å². The molecule has 24 heavy (non-hydrogen) atoms. The smallest absolute Gasteiger partial charge is 0.317 e. The van der Waals surface area contributed by atoms with Crippen molar-refractivity contribution in [1.82, 2.24) is 10.2 Å². The predicted molar refractivity (Wildman–Crippen MR) is 95.0 cm³/mol. The van der Waals surface area contributed by atoms with Gasteiger partial charge in [0.15, 0.2) is 0 Å². The summed E-state index contributed by atoms with van der Waals surface area (Å²) >= 11 is 0. The maximum Gasteiger partial charge on any atom is 0.317 e. The Morgan fingerprint density at radius 3 is 2.92 bits per heavy atom. The first-order valence-corrected chi connectivity index (χ1v) is 9.01. The van der Waals surface area contributed by atoms with Gasteiger partial charge >= 0.3 is 6.03 Å². The molecule has 1 saturated heterocycles. The third-order valence-corrected chi connectivity index (χ3v) is 4.30. The molecule has 1 fully saturated rings. The molecule has 0 saturated carbocycles. The summed E-state index contributed by atoms with van der Waals surface area (Å²) in [4.78, 5) is 14.0.